The Morgan fingerprint density at radius 3 is 2.71 bits per heavy atom. The molecule has 0 radical (unpaired) electrons. The number of hydrogen-bond acceptors (Lipinski definition) is 8. The van der Waals surface area contributed by atoms with E-state index in [1.165, 1.54) is 24.8 Å². The standard InChI is InChI=1S/C26H36N6O3/c1-18-19(2)27-22-7-6-20(16-21(18)22)28-25(33)23-17-24(35-15-10-31-8-4-3-5-9-31)30-26(29-23)32-11-13-34-14-12-32/h6-7,16-19,27H,3-5,8-15H2,1-2H3,(H,28,33). The van der Waals surface area contributed by atoms with Crippen molar-refractivity contribution in [1.29, 1.82) is 0 Å². The Labute approximate surface area is 207 Å². The van der Waals surface area contributed by atoms with Gasteiger partial charge in [-0.05, 0) is 56.6 Å². The van der Waals surface area contributed by atoms with E-state index in [9.17, 15) is 4.79 Å². The first-order valence-electron chi connectivity index (χ1n) is 12.9. The van der Waals surface area contributed by atoms with Gasteiger partial charge in [0.1, 0.15) is 12.3 Å². The number of nitrogens with zero attached hydrogens (tertiary/aromatic N) is 4. The monoisotopic (exact) mass is 480 g/mol. The fraction of sp³-hybridized carbons (Fsp3) is 0.577. The molecule has 0 saturated carbocycles. The number of aromatic nitrogens is 2. The molecule has 0 aliphatic carbocycles. The van der Waals surface area contributed by atoms with E-state index in [1.807, 2.05) is 17.0 Å². The van der Waals surface area contributed by atoms with E-state index in [2.05, 4.69) is 45.4 Å². The molecule has 5 rings (SSSR count). The van der Waals surface area contributed by atoms with Crippen molar-refractivity contribution in [2.24, 2.45) is 0 Å². The summed E-state index contributed by atoms with van der Waals surface area (Å²) in [5, 5.41) is 6.51. The minimum absolute atomic E-state index is 0.269. The van der Waals surface area contributed by atoms with Crippen LogP contribution in [0.15, 0.2) is 24.3 Å². The number of morpholine rings is 1. The predicted octanol–water partition coefficient (Wildman–Crippen LogP) is 3.35. The van der Waals surface area contributed by atoms with Crippen LogP contribution < -0.4 is 20.3 Å². The summed E-state index contributed by atoms with van der Waals surface area (Å²) in [5.41, 5.74) is 3.41. The zero-order chi connectivity index (χ0) is 24.2. The zero-order valence-electron chi connectivity index (χ0n) is 20.8. The number of benzene rings is 1. The van der Waals surface area contributed by atoms with E-state index < -0.39 is 0 Å². The maximum atomic E-state index is 13.2. The molecule has 2 N–H and O–H groups in total. The highest BCUT2D eigenvalue weighted by atomic mass is 16.5. The van der Waals surface area contributed by atoms with Crippen molar-refractivity contribution in [2.45, 2.75) is 45.1 Å². The van der Waals surface area contributed by atoms with Gasteiger partial charge in [-0.15, -0.1) is 0 Å². The number of ether oxygens (including phenoxy) is 2. The lowest BCUT2D eigenvalue weighted by Gasteiger charge is -2.27. The van der Waals surface area contributed by atoms with Crippen LogP contribution in [-0.4, -0.2) is 79.4 Å². The van der Waals surface area contributed by atoms with E-state index in [0.29, 0.717) is 62.4 Å². The average molecular weight is 481 g/mol. The van der Waals surface area contributed by atoms with E-state index in [-0.39, 0.29) is 5.91 Å². The van der Waals surface area contributed by atoms with Crippen molar-refractivity contribution >= 4 is 23.2 Å². The summed E-state index contributed by atoms with van der Waals surface area (Å²) in [4.78, 5) is 26.9. The van der Waals surface area contributed by atoms with Crippen molar-refractivity contribution in [3.05, 3.63) is 35.5 Å². The molecule has 9 heteroatoms. The Kier molecular flexibility index (Phi) is 7.34. The summed E-state index contributed by atoms with van der Waals surface area (Å²) in [5.74, 6) is 1.06. The highest BCUT2D eigenvalue weighted by molar-refractivity contribution is 6.03. The second-order valence-electron chi connectivity index (χ2n) is 9.72. The smallest absolute Gasteiger partial charge is 0.274 e. The van der Waals surface area contributed by atoms with E-state index in [4.69, 9.17) is 9.47 Å². The van der Waals surface area contributed by atoms with Gasteiger partial charge in [0.05, 0.1) is 13.2 Å². The fourth-order valence-electron chi connectivity index (χ4n) is 4.95. The molecule has 2 fully saturated rings. The van der Waals surface area contributed by atoms with Crippen LogP contribution in [0.25, 0.3) is 0 Å². The van der Waals surface area contributed by atoms with Gasteiger partial charge in [0.25, 0.3) is 5.91 Å². The zero-order valence-corrected chi connectivity index (χ0v) is 20.8. The summed E-state index contributed by atoms with van der Waals surface area (Å²) in [6.07, 6.45) is 3.80. The van der Waals surface area contributed by atoms with Crippen molar-refractivity contribution in [1.82, 2.24) is 14.9 Å². The normalized spacial score (nSPS) is 22.4. The molecular weight excluding hydrogens is 444 g/mol. The minimum Gasteiger partial charge on any atom is -0.476 e. The van der Waals surface area contributed by atoms with E-state index >= 15 is 0 Å². The second-order valence-corrected chi connectivity index (χ2v) is 9.72. The Bertz CT molecular complexity index is 1040. The summed E-state index contributed by atoms with van der Waals surface area (Å²) in [7, 11) is 0. The number of amides is 1. The Hall–Kier alpha value is -2.91. The number of carbonyl (C=O) groups excluding carboxylic acids is 1. The van der Waals surface area contributed by atoms with E-state index in [1.54, 1.807) is 6.07 Å². The molecule has 1 aromatic heterocycles. The molecule has 2 aromatic rings. The summed E-state index contributed by atoms with van der Waals surface area (Å²) in [6.45, 7) is 10.6. The number of hydrogen-bond donors (Lipinski definition) is 2. The van der Waals surface area contributed by atoms with Crippen molar-refractivity contribution < 1.29 is 14.3 Å². The largest absolute Gasteiger partial charge is 0.476 e. The molecule has 0 bridgehead atoms. The lowest BCUT2D eigenvalue weighted by atomic mass is 9.98. The molecule has 0 spiro atoms. The Morgan fingerprint density at radius 2 is 1.91 bits per heavy atom. The third-order valence-electron chi connectivity index (χ3n) is 7.26. The number of rotatable bonds is 7. The van der Waals surface area contributed by atoms with Gasteiger partial charge in [0.2, 0.25) is 11.8 Å². The van der Waals surface area contributed by atoms with Crippen molar-refractivity contribution in [3.8, 4) is 5.88 Å². The molecule has 3 aliphatic rings. The number of likely N-dealkylation sites (tertiary alicyclic amines) is 1. The number of nitrogens with one attached hydrogen (secondary N) is 2. The van der Waals surface area contributed by atoms with Crippen LogP contribution in [0.5, 0.6) is 5.88 Å². The van der Waals surface area contributed by atoms with Gasteiger partial charge >= 0.3 is 0 Å². The summed E-state index contributed by atoms with van der Waals surface area (Å²) >= 11 is 0. The first-order valence-corrected chi connectivity index (χ1v) is 12.9. The Morgan fingerprint density at radius 1 is 1.11 bits per heavy atom. The highest BCUT2D eigenvalue weighted by Crippen LogP contribution is 2.37. The van der Waals surface area contributed by atoms with E-state index in [0.717, 1.165) is 31.0 Å². The van der Waals surface area contributed by atoms with Crippen molar-refractivity contribution in [3.63, 3.8) is 0 Å². The predicted molar refractivity (Wildman–Crippen MR) is 137 cm³/mol. The third kappa shape index (κ3) is 5.67. The SMILES string of the molecule is CC1Nc2ccc(NC(=O)c3cc(OCCN4CCCCC4)nc(N4CCOCC4)n3)cc2C1C. The van der Waals surface area contributed by atoms with Crippen LogP contribution in [0.4, 0.5) is 17.3 Å². The highest BCUT2D eigenvalue weighted by Gasteiger charge is 2.26. The maximum Gasteiger partial charge on any atom is 0.274 e. The lowest BCUT2D eigenvalue weighted by molar-refractivity contribution is 0.102. The van der Waals surface area contributed by atoms with Gasteiger partial charge in [0, 0.05) is 49.0 Å². The van der Waals surface area contributed by atoms with Gasteiger partial charge < -0.3 is 25.0 Å². The quantitative estimate of drug-likeness (QED) is 0.624. The molecule has 1 aromatic carbocycles. The Balaban J connectivity index is 1.31. The van der Waals surface area contributed by atoms with Gasteiger partial charge in [-0.2, -0.15) is 4.98 Å². The fourth-order valence-corrected chi connectivity index (χ4v) is 4.95. The molecular formula is C26H36N6O3. The number of piperidine rings is 1. The molecule has 1 amide bonds. The number of anilines is 3. The van der Waals surface area contributed by atoms with Crippen LogP contribution in [0.1, 0.15) is 55.1 Å². The number of fused-ring (bicyclic) bond motifs is 1. The van der Waals surface area contributed by atoms with Gasteiger partial charge in [0.15, 0.2) is 0 Å². The molecule has 2 atom stereocenters. The molecule has 35 heavy (non-hydrogen) atoms. The average Bonchev–Trinajstić information content (AvgIpc) is 3.18. The van der Waals surface area contributed by atoms with Crippen molar-refractivity contribution in [2.75, 3.05) is 68.1 Å². The summed E-state index contributed by atoms with van der Waals surface area (Å²) in [6, 6.07) is 8.02. The minimum atomic E-state index is -0.269. The molecule has 9 nitrogen and oxygen atoms in total. The van der Waals surface area contributed by atoms with Gasteiger partial charge in [-0.25, -0.2) is 4.98 Å². The molecule has 2 unspecified atom stereocenters. The first-order chi connectivity index (χ1) is 17.1. The third-order valence-corrected chi connectivity index (χ3v) is 7.26. The van der Waals surface area contributed by atoms with Crippen LogP contribution >= 0.6 is 0 Å². The lowest BCUT2D eigenvalue weighted by Crippen LogP contribution is -2.37. The molecule has 3 aliphatic heterocycles. The maximum absolute atomic E-state index is 13.2. The number of carbonyl (C=O) groups is 1. The molecule has 2 saturated heterocycles. The van der Waals surface area contributed by atoms with Crippen LogP contribution in [0.2, 0.25) is 0 Å². The van der Waals surface area contributed by atoms with Crippen LogP contribution in [0, 0.1) is 0 Å². The first kappa shape index (κ1) is 23.8. The van der Waals surface area contributed by atoms with Gasteiger partial charge in [-0.3, -0.25) is 9.69 Å². The molecule has 4 heterocycles. The van der Waals surface area contributed by atoms with Crippen LogP contribution in [0.3, 0.4) is 0 Å². The topological polar surface area (TPSA) is 91.9 Å². The molecule has 188 valence electrons. The van der Waals surface area contributed by atoms with Gasteiger partial charge in [-0.1, -0.05) is 13.3 Å². The van der Waals surface area contributed by atoms with Crippen LogP contribution in [-0.2, 0) is 4.74 Å². The summed E-state index contributed by atoms with van der Waals surface area (Å²) < 4.78 is 11.5. The second kappa shape index (κ2) is 10.8.